The summed E-state index contributed by atoms with van der Waals surface area (Å²) in [5.74, 6) is -0.688. The van der Waals surface area contributed by atoms with Gasteiger partial charge in [0.05, 0.1) is 23.4 Å². The van der Waals surface area contributed by atoms with Gasteiger partial charge >= 0.3 is 0 Å². The van der Waals surface area contributed by atoms with Crippen LogP contribution in [0, 0.1) is 5.82 Å². The predicted octanol–water partition coefficient (Wildman–Crippen LogP) is 4.11. The Labute approximate surface area is 170 Å². The molecule has 2 aromatic heterocycles. The normalized spacial score (nSPS) is 10.7. The zero-order valence-corrected chi connectivity index (χ0v) is 16.0. The molecule has 1 amide bonds. The highest BCUT2D eigenvalue weighted by atomic mass is 35.5. The first-order valence-electron chi connectivity index (χ1n) is 8.53. The van der Waals surface area contributed by atoms with E-state index in [0.717, 1.165) is 0 Å². The number of methoxy groups -OCH3 is 1. The van der Waals surface area contributed by atoms with E-state index >= 15 is 0 Å². The lowest BCUT2D eigenvalue weighted by molar-refractivity contribution is 0.102. The van der Waals surface area contributed by atoms with Crippen molar-refractivity contribution in [3.63, 3.8) is 0 Å². The number of amides is 1. The molecule has 7 nitrogen and oxygen atoms in total. The van der Waals surface area contributed by atoms with Gasteiger partial charge in [-0.25, -0.2) is 14.1 Å². The predicted molar refractivity (Wildman–Crippen MR) is 107 cm³/mol. The minimum atomic E-state index is -0.554. The molecule has 0 aliphatic carbocycles. The maximum Gasteiger partial charge on any atom is 0.259 e. The third kappa shape index (κ3) is 3.70. The van der Waals surface area contributed by atoms with E-state index in [1.54, 1.807) is 12.1 Å². The highest BCUT2D eigenvalue weighted by Gasteiger charge is 2.17. The molecular weight excluding hydrogens is 397 g/mol. The van der Waals surface area contributed by atoms with Gasteiger partial charge in [0, 0.05) is 24.1 Å². The summed E-state index contributed by atoms with van der Waals surface area (Å²) in [5.41, 5.74) is 1.41. The molecular formula is C20H15ClFN5O2. The third-order valence-electron chi connectivity index (χ3n) is 4.27. The second-order valence-electron chi connectivity index (χ2n) is 6.05. The first-order chi connectivity index (χ1) is 14.1. The SMILES string of the molecule is COc1cc(-n2cccc2)c(Cl)cc1C(=O)Nc1ccc(-n2cncn2)c(F)c1. The maximum absolute atomic E-state index is 14.4. The van der Waals surface area contributed by atoms with Gasteiger partial charge < -0.3 is 14.6 Å². The molecule has 0 aliphatic rings. The van der Waals surface area contributed by atoms with E-state index in [-0.39, 0.29) is 16.9 Å². The maximum atomic E-state index is 14.4. The average Bonchev–Trinajstić information content (AvgIpc) is 3.42. The summed E-state index contributed by atoms with van der Waals surface area (Å²) in [4.78, 5) is 16.6. The van der Waals surface area contributed by atoms with Crippen LogP contribution in [0.4, 0.5) is 10.1 Å². The van der Waals surface area contributed by atoms with Gasteiger partial charge in [0.2, 0.25) is 0 Å². The second kappa shape index (κ2) is 7.76. The quantitative estimate of drug-likeness (QED) is 0.536. The van der Waals surface area contributed by atoms with Crippen LogP contribution in [0.2, 0.25) is 5.02 Å². The number of hydrogen-bond donors (Lipinski definition) is 1. The van der Waals surface area contributed by atoms with Gasteiger partial charge in [-0.2, -0.15) is 5.10 Å². The number of nitrogens with zero attached hydrogens (tertiary/aromatic N) is 4. The fourth-order valence-corrected chi connectivity index (χ4v) is 3.14. The molecule has 0 fully saturated rings. The van der Waals surface area contributed by atoms with E-state index in [4.69, 9.17) is 16.3 Å². The van der Waals surface area contributed by atoms with E-state index in [9.17, 15) is 9.18 Å². The van der Waals surface area contributed by atoms with Gasteiger partial charge in [-0.15, -0.1) is 0 Å². The van der Waals surface area contributed by atoms with Crippen LogP contribution in [0.15, 0.2) is 67.5 Å². The summed E-state index contributed by atoms with van der Waals surface area (Å²) in [5, 5.41) is 6.93. The first-order valence-corrected chi connectivity index (χ1v) is 8.91. The van der Waals surface area contributed by atoms with Gasteiger partial charge in [0.25, 0.3) is 5.91 Å². The van der Waals surface area contributed by atoms with Gasteiger partial charge in [0.1, 0.15) is 24.1 Å². The van der Waals surface area contributed by atoms with Crippen LogP contribution in [0.1, 0.15) is 10.4 Å². The molecule has 0 spiro atoms. The summed E-state index contributed by atoms with van der Waals surface area (Å²) in [7, 11) is 1.46. The van der Waals surface area contributed by atoms with Crippen molar-refractivity contribution in [3.8, 4) is 17.1 Å². The Morgan fingerprint density at radius 1 is 1.17 bits per heavy atom. The number of carbonyl (C=O) groups excluding carboxylic acids is 1. The number of aromatic nitrogens is 4. The molecule has 0 aliphatic heterocycles. The highest BCUT2D eigenvalue weighted by molar-refractivity contribution is 6.33. The fraction of sp³-hybridized carbons (Fsp3) is 0.0500. The van der Waals surface area contributed by atoms with Crippen LogP contribution in [0.5, 0.6) is 5.75 Å². The Morgan fingerprint density at radius 3 is 2.62 bits per heavy atom. The molecule has 4 aromatic rings. The van der Waals surface area contributed by atoms with Crippen molar-refractivity contribution < 1.29 is 13.9 Å². The number of anilines is 1. The lowest BCUT2D eigenvalue weighted by Crippen LogP contribution is -2.14. The van der Waals surface area contributed by atoms with Crippen molar-refractivity contribution in [1.82, 2.24) is 19.3 Å². The molecule has 4 rings (SSSR count). The lowest BCUT2D eigenvalue weighted by Gasteiger charge is -2.14. The average molecular weight is 412 g/mol. The van der Waals surface area contributed by atoms with Crippen molar-refractivity contribution in [1.29, 1.82) is 0 Å². The second-order valence-corrected chi connectivity index (χ2v) is 6.46. The summed E-state index contributed by atoms with van der Waals surface area (Å²) in [6.07, 6.45) is 6.36. The van der Waals surface area contributed by atoms with Crippen LogP contribution in [0.3, 0.4) is 0 Å². The molecule has 146 valence electrons. The third-order valence-corrected chi connectivity index (χ3v) is 4.57. The minimum Gasteiger partial charge on any atom is -0.496 e. The molecule has 0 saturated heterocycles. The molecule has 0 atom stereocenters. The van der Waals surface area contributed by atoms with Crippen LogP contribution >= 0.6 is 11.6 Å². The molecule has 1 N–H and O–H groups in total. The monoisotopic (exact) mass is 411 g/mol. The van der Waals surface area contributed by atoms with E-state index < -0.39 is 11.7 Å². The van der Waals surface area contributed by atoms with Crippen molar-refractivity contribution in [3.05, 3.63) is 83.9 Å². The first kappa shape index (κ1) is 18.7. The molecule has 0 radical (unpaired) electrons. The Morgan fingerprint density at radius 2 is 1.97 bits per heavy atom. The Hall–Kier alpha value is -3.65. The summed E-state index contributed by atoms with van der Waals surface area (Å²) < 4.78 is 22.9. The number of carbonyl (C=O) groups is 1. The van der Waals surface area contributed by atoms with E-state index in [1.807, 2.05) is 29.1 Å². The standard InChI is InChI=1S/C20H15ClFN5O2/c1-29-19-10-18(26-6-2-3-7-26)15(21)9-14(19)20(28)25-13-4-5-17(16(22)8-13)27-12-23-11-24-27/h2-12H,1H3,(H,25,28). The number of ether oxygens (including phenoxy) is 1. The zero-order chi connectivity index (χ0) is 20.4. The molecule has 0 saturated carbocycles. The van der Waals surface area contributed by atoms with E-state index in [2.05, 4.69) is 15.4 Å². The van der Waals surface area contributed by atoms with Gasteiger partial charge in [-0.1, -0.05) is 11.6 Å². The molecule has 0 bridgehead atoms. The fourth-order valence-electron chi connectivity index (χ4n) is 2.88. The van der Waals surface area contributed by atoms with Gasteiger partial charge in [-0.3, -0.25) is 4.79 Å². The van der Waals surface area contributed by atoms with Crippen molar-refractivity contribution in [2.75, 3.05) is 12.4 Å². The number of rotatable bonds is 5. The number of benzene rings is 2. The van der Waals surface area contributed by atoms with Crippen molar-refractivity contribution in [2.45, 2.75) is 0 Å². The Balaban J connectivity index is 1.62. The molecule has 29 heavy (non-hydrogen) atoms. The van der Waals surface area contributed by atoms with E-state index in [0.29, 0.717) is 16.5 Å². The van der Waals surface area contributed by atoms with Crippen LogP contribution in [-0.2, 0) is 0 Å². The summed E-state index contributed by atoms with van der Waals surface area (Å²) in [6, 6.07) is 11.2. The number of halogens is 2. The lowest BCUT2D eigenvalue weighted by atomic mass is 10.1. The number of hydrogen-bond acceptors (Lipinski definition) is 4. The van der Waals surface area contributed by atoms with Crippen molar-refractivity contribution >= 4 is 23.2 Å². The Kier molecular flexibility index (Phi) is 5.01. The zero-order valence-electron chi connectivity index (χ0n) is 15.2. The topological polar surface area (TPSA) is 74.0 Å². The molecule has 2 heterocycles. The van der Waals surface area contributed by atoms with Crippen molar-refractivity contribution in [2.24, 2.45) is 0 Å². The molecule has 0 unspecified atom stereocenters. The van der Waals surface area contributed by atoms with Gasteiger partial charge in [-0.05, 0) is 36.4 Å². The van der Waals surface area contributed by atoms with Crippen LogP contribution < -0.4 is 10.1 Å². The highest BCUT2D eigenvalue weighted by Crippen LogP contribution is 2.30. The molecule has 9 heteroatoms. The van der Waals surface area contributed by atoms with Crippen LogP contribution in [0.25, 0.3) is 11.4 Å². The van der Waals surface area contributed by atoms with Gasteiger partial charge in [0.15, 0.2) is 5.82 Å². The van der Waals surface area contributed by atoms with E-state index in [1.165, 1.54) is 42.6 Å². The Bertz CT molecular complexity index is 1160. The number of nitrogens with one attached hydrogen (secondary N) is 1. The van der Waals surface area contributed by atoms with Crippen LogP contribution in [-0.4, -0.2) is 32.3 Å². The molecule has 2 aromatic carbocycles. The minimum absolute atomic E-state index is 0.220. The largest absolute Gasteiger partial charge is 0.496 e. The summed E-state index contributed by atoms with van der Waals surface area (Å²) in [6.45, 7) is 0. The smallest absolute Gasteiger partial charge is 0.259 e. The summed E-state index contributed by atoms with van der Waals surface area (Å²) >= 11 is 6.37.